The number of aromatic nitrogens is 1. The van der Waals surface area contributed by atoms with Gasteiger partial charge in [-0.05, 0) is 32.0 Å². The summed E-state index contributed by atoms with van der Waals surface area (Å²) in [6.45, 7) is 0.568. The van der Waals surface area contributed by atoms with Gasteiger partial charge >= 0.3 is 0 Å². The van der Waals surface area contributed by atoms with Crippen LogP contribution in [0.15, 0.2) is 18.3 Å². The Hall–Kier alpha value is -1.29. The SMILES string of the molecule is CN1CCCC1c1ccc(O[C@H]2O[C@H](CO)[C@H](O)[C@H](O)[C@H]2O)nc1. The summed E-state index contributed by atoms with van der Waals surface area (Å²) in [4.78, 5) is 6.51. The second-order valence-corrected chi connectivity index (χ2v) is 6.38. The van der Waals surface area contributed by atoms with Crippen molar-refractivity contribution in [2.75, 3.05) is 20.2 Å². The zero-order valence-electron chi connectivity index (χ0n) is 13.5. The van der Waals surface area contributed by atoms with Crippen LogP contribution in [0.5, 0.6) is 5.88 Å². The first-order chi connectivity index (χ1) is 11.5. The fourth-order valence-corrected chi connectivity index (χ4v) is 3.27. The van der Waals surface area contributed by atoms with E-state index in [0.29, 0.717) is 6.04 Å². The lowest BCUT2D eigenvalue weighted by Crippen LogP contribution is -2.60. The Morgan fingerprint density at radius 1 is 1.25 bits per heavy atom. The lowest BCUT2D eigenvalue weighted by Gasteiger charge is -2.39. The number of aliphatic hydroxyl groups excluding tert-OH is 4. The van der Waals surface area contributed by atoms with Gasteiger partial charge in [0.05, 0.1) is 6.61 Å². The van der Waals surface area contributed by atoms with E-state index in [1.54, 1.807) is 12.3 Å². The van der Waals surface area contributed by atoms with Gasteiger partial charge in [-0.1, -0.05) is 6.07 Å². The lowest BCUT2D eigenvalue weighted by molar-refractivity contribution is -0.278. The molecule has 1 unspecified atom stereocenters. The van der Waals surface area contributed by atoms with E-state index in [-0.39, 0.29) is 5.88 Å². The Balaban J connectivity index is 1.67. The van der Waals surface area contributed by atoms with Crippen molar-refractivity contribution in [3.63, 3.8) is 0 Å². The smallest absolute Gasteiger partial charge is 0.231 e. The zero-order chi connectivity index (χ0) is 17.3. The summed E-state index contributed by atoms with van der Waals surface area (Å²) in [6, 6.07) is 3.95. The molecule has 0 spiro atoms. The minimum Gasteiger partial charge on any atom is -0.445 e. The molecule has 8 heteroatoms. The van der Waals surface area contributed by atoms with Crippen molar-refractivity contribution in [3.8, 4) is 5.88 Å². The van der Waals surface area contributed by atoms with Gasteiger partial charge in [0.25, 0.3) is 0 Å². The number of hydrogen-bond acceptors (Lipinski definition) is 8. The van der Waals surface area contributed by atoms with Crippen LogP contribution in [0.3, 0.4) is 0 Å². The average Bonchev–Trinajstić information content (AvgIpc) is 3.02. The molecule has 8 nitrogen and oxygen atoms in total. The summed E-state index contributed by atoms with van der Waals surface area (Å²) in [5.74, 6) is 0.240. The third kappa shape index (κ3) is 3.39. The lowest BCUT2D eigenvalue weighted by atomic mass is 9.99. The highest BCUT2D eigenvalue weighted by Crippen LogP contribution is 2.31. The minimum atomic E-state index is -1.47. The van der Waals surface area contributed by atoms with Gasteiger partial charge in [0.15, 0.2) is 0 Å². The molecule has 0 amide bonds. The van der Waals surface area contributed by atoms with Crippen molar-refractivity contribution >= 4 is 0 Å². The predicted octanol–water partition coefficient (Wildman–Crippen LogP) is -0.973. The summed E-state index contributed by atoms with van der Waals surface area (Å²) >= 11 is 0. The standard InChI is InChI=1S/C16H24N2O6/c1-18-6-2-3-10(18)9-4-5-12(17-7-9)24-16-15(22)14(21)13(20)11(8-19)23-16/h4-5,7,10-11,13-16,19-22H,2-3,6,8H2,1H3/t10?,11-,13+,14+,15-,16-/m1/s1. The Morgan fingerprint density at radius 3 is 2.62 bits per heavy atom. The van der Waals surface area contributed by atoms with Gasteiger partial charge in [0.2, 0.25) is 12.2 Å². The largest absolute Gasteiger partial charge is 0.445 e. The van der Waals surface area contributed by atoms with E-state index in [2.05, 4.69) is 16.9 Å². The van der Waals surface area contributed by atoms with Crippen LogP contribution in [0.25, 0.3) is 0 Å². The van der Waals surface area contributed by atoms with Crippen LogP contribution < -0.4 is 4.74 Å². The third-order valence-corrected chi connectivity index (χ3v) is 4.75. The minimum absolute atomic E-state index is 0.240. The number of ether oxygens (including phenoxy) is 2. The van der Waals surface area contributed by atoms with Crippen molar-refractivity contribution in [1.82, 2.24) is 9.88 Å². The molecule has 3 heterocycles. The van der Waals surface area contributed by atoms with Crippen LogP contribution in [-0.4, -0.2) is 81.2 Å². The van der Waals surface area contributed by atoms with E-state index in [4.69, 9.17) is 9.47 Å². The van der Waals surface area contributed by atoms with E-state index in [0.717, 1.165) is 24.9 Å². The number of pyridine rings is 1. The molecular formula is C16H24N2O6. The molecule has 0 aromatic carbocycles. The second-order valence-electron chi connectivity index (χ2n) is 6.38. The summed E-state index contributed by atoms with van der Waals surface area (Å²) in [5.41, 5.74) is 1.09. The molecule has 134 valence electrons. The van der Waals surface area contributed by atoms with Gasteiger partial charge in [0, 0.05) is 18.3 Å². The monoisotopic (exact) mass is 340 g/mol. The second kappa shape index (κ2) is 7.30. The first-order valence-corrected chi connectivity index (χ1v) is 8.14. The average molecular weight is 340 g/mol. The van der Waals surface area contributed by atoms with E-state index < -0.39 is 37.3 Å². The Morgan fingerprint density at radius 2 is 2.04 bits per heavy atom. The molecule has 24 heavy (non-hydrogen) atoms. The summed E-state index contributed by atoms with van der Waals surface area (Å²) in [7, 11) is 2.08. The predicted molar refractivity (Wildman–Crippen MR) is 83.2 cm³/mol. The van der Waals surface area contributed by atoms with Gasteiger partial charge in [-0.2, -0.15) is 0 Å². The molecule has 2 aliphatic rings. The molecule has 0 bridgehead atoms. The number of hydrogen-bond donors (Lipinski definition) is 4. The van der Waals surface area contributed by atoms with Gasteiger partial charge in [-0.15, -0.1) is 0 Å². The van der Waals surface area contributed by atoms with Crippen LogP contribution >= 0.6 is 0 Å². The quantitative estimate of drug-likeness (QED) is 0.553. The molecule has 1 aromatic heterocycles. The van der Waals surface area contributed by atoms with E-state index >= 15 is 0 Å². The molecular weight excluding hydrogens is 316 g/mol. The maximum atomic E-state index is 9.97. The molecule has 0 radical (unpaired) electrons. The van der Waals surface area contributed by atoms with Crippen LogP contribution in [0.1, 0.15) is 24.4 Å². The maximum absolute atomic E-state index is 9.97. The van der Waals surface area contributed by atoms with Crippen molar-refractivity contribution in [1.29, 1.82) is 0 Å². The van der Waals surface area contributed by atoms with Crippen LogP contribution in [0, 0.1) is 0 Å². The van der Waals surface area contributed by atoms with Crippen molar-refractivity contribution in [2.24, 2.45) is 0 Å². The third-order valence-electron chi connectivity index (χ3n) is 4.75. The summed E-state index contributed by atoms with van der Waals surface area (Å²) < 4.78 is 10.8. The first kappa shape index (κ1) is 17.5. The Labute approximate surface area is 140 Å². The Kier molecular flexibility index (Phi) is 5.33. The van der Waals surface area contributed by atoms with Crippen molar-refractivity contribution in [3.05, 3.63) is 23.9 Å². The van der Waals surface area contributed by atoms with Gasteiger partial charge < -0.3 is 29.9 Å². The highest BCUT2D eigenvalue weighted by molar-refractivity contribution is 5.22. The highest BCUT2D eigenvalue weighted by Gasteiger charge is 2.44. The molecule has 2 saturated heterocycles. The first-order valence-electron chi connectivity index (χ1n) is 8.14. The molecule has 0 aliphatic carbocycles. The topological polar surface area (TPSA) is 116 Å². The molecule has 0 saturated carbocycles. The molecule has 1 aromatic rings. The molecule has 2 aliphatic heterocycles. The van der Waals surface area contributed by atoms with E-state index in [1.807, 2.05) is 6.07 Å². The molecule has 6 atom stereocenters. The van der Waals surface area contributed by atoms with Crippen LogP contribution in [0.4, 0.5) is 0 Å². The van der Waals surface area contributed by atoms with Crippen molar-refractivity contribution < 1.29 is 29.9 Å². The Bertz CT molecular complexity index is 540. The number of aliphatic hydroxyl groups is 4. The van der Waals surface area contributed by atoms with Crippen molar-refractivity contribution in [2.45, 2.75) is 49.6 Å². The number of likely N-dealkylation sites (tertiary alicyclic amines) is 1. The summed E-state index contributed by atoms with van der Waals surface area (Å²) in [5, 5.41) is 38.7. The number of rotatable bonds is 4. The maximum Gasteiger partial charge on any atom is 0.231 e. The van der Waals surface area contributed by atoms with E-state index in [9.17, 15) is 20.4 Å². The van der Waals surface area contributed by atoms with Gasteiger partial charge in [-0.25, -0.2) is 4.98 Å². The molecule has 4 N–H and O–H groups in total. The van der Waals surface area contributed by atoms with Gasteiger partial charge in [-0.3, -0.25) is 4.90 Å². The fourth-order valence-electron chi connectivity index (χ4n) is 3.27. The molecule has 3 rings (SSSR count). The fraction of sp³-hybridized carbons (Fsp3) is 0.688. The van der Waals surface area contributed by atoms with E-state index in [1.165, 1.54) is 0 Å². The molecule has 2 fully saturated rings. The van der Waals surface area contributed by atoms with Gasteiger partial charge in [0.1, 0.15) is 24.4 Å². The highest BCUT2D eigenvalue weighted by atomic mass is 16.7. The summed E-state index contributed by atoms with van der Waals surface area (Å²) in [6.07, 6.45) is -2.55. The van der Waals surface area contributed by atoms with Crippen LogP contribution in [-0.2, 0) is 4.74 Å². The van der Waals surface area contributed by atoms with Crippen LogP contribution in [0.2, 0.25) is 0 Å². The number of nitrogens with zero attached hydrogens (tertiary/aromatic N) is 2. The normalized spacial score (nSPS) is 37.5. The zero-order valence-corrected chi connectivity index (χ0v) is 13.5.